The van der Waals surface area contributed by atoms with Gasteiger partial charge in [0.15, 0.2) is 0 Å². The van der Waals surface area contributed by atoms with E-state index >= 15 is 0 Å². The van der Waals surface area contributed by atoms with Crippen molar-refractivity contribution in [2.45, 2.75) is 64.3 Å². The molecule has 2 fully saturated rings. The van der Waals surface area contributed by atoms with E-state index in [1.165, 1.54) is 0 Å². The Hall–Kier alpha value is -3.06. The van der Waals surface area contributed by atoms with Crippen LogP contribution in [0, 0.1) is 17.3 Å². The summed E-state index contributed by atoms with van der Waals surface area (Å²) in [6.07, 6.45) is -6.09. The molecule has 0 aromatic heterocycles. The summed E-state index contributed by atoms with van der Waals surface area (Å²) in [5, 5.41) is 7.24. The number of likely N-dealkylation sites (tertiary alicyclic amines) is 1. The maximum Gasteiger partial charge on any atom is 0.407 e. The third-order valence-electron chi connectivity index (χ3n) is 6.25. The molecule has 5 atom stereocenters. The van der Waals surface area contributed by atoms with Crippen LogP contribution < -0.4 is 21.7 Å². The number of alkyl carbamates (subject to hydrolysis) is 1. The number of nitrogens with two attached hydrogens (primary N) is 1. The van der Waals surface area contributed by atoms with E-state index in [0.29, 0.717) is 13.0 Å². The minimum atomic E-state index is -4.69. The van der Waals surface area contributed by atoms with Gasteiger partial charge < -0.3 is 31.3 Å². The summed E-state index contributed by atoms with van der Waals surface area (Å²) in [7, 11) is 1.07. The molecule has 5 N–H and O–H groups in total. The topological polar surface area (TPSA) is 160 Å². The number of halogens is 3. The molecule has 198 valence electrons. The van der Waals surface area contributed by atoms with Gasteiger partial charge in [-0.05, 0) is 24.7 Å². The number of hydrogen-bond donors (Lipinski definition) is 4. The largest absolute Gasteiger partial charge is 0.453 e. The molecule has 0 bridgehead atoms. The van der Waals surface area contributed by atoms with Gasteiger partial charge in [-0.3, -0.25) is 19.2 Å². The first-order valence-corrected chi connectivity index (χ1v) is 11.1. The van der Waals surface area contributed by atoms with Gasteiger partial charge in [0.05, 0.1) is 13.0 Å². The van der Waals surface area contributed by atoms with Crippen LogP contribution in [0.2, 0.25) is 0 Å². The molecule has 2 aliphatic heterocycles. The summed E-state index contributed by atoms with van der Waals surface area (Å²) < 4.78 is 45.2. The first kappa shape index (κ1) is 28.2. The predicted octanol–water partition coefficient (Wildman–Crippen LogP) is 0.0328. The van der Waals surface area contributed by atoms with Gasteiger partial charge in [-0.1, -0.05) is 20.8 Å². The van der Waals surface area contributed by atoms with Crippen molar-refractivity contribution in [1.29, 1.82) is 0 Å². The number of carbonyl (C=O) groups excluding carboxylic acids is 5. The fourth-order valence-electron chi connectivity index (χ4n) is 4.23. The molecule has 11 nitrogen and oxygen atoms in total. The van der Waals surface area contributed by atoms with Crippen molar-refractivity contribution in [2.75, 3.05) is 20.2 Å². The summed E-state index contributed by atoms with van der Waals surface area (Å²) in [6.45, 7) is 4.36. The summed E-state index contributed by atoms with van der Waals surface area (Å²) in [6, 6.07) is -4.19. The average molecular weight is 508 g/mol. The summed E-state index contributed by atoms with van der Waals surface area (Å²) in [5.74, 6) is -5.76. The van der Waals surface area contributed by atoms with Crippen LogP contribution in [0.4, 0.5) is 18.0 Å². The monoisotopic (exact) mass is 507 g/mol. The highest BCUT2D eigenvalue weighted by Gasteiger charge is 2.53. The molecule has 0 aromatic carbocycles. The average Bonchev–Trinajstić information content (AvgIpc) is 3.36. The lowest BCUT2D eigenvalue weighted by Crippen LogP contribution is -2.59. The van der Waals surface area contributed by atoms with Crippen LogP contribution in [0.25, 0.3) is 0 Å². The molecule has 0 spiro atoms. The number of carbonyl (C=O) groups is 5. The van der Waals surface area contributed by atoms with Gasteiger partial charge in [-0.15, -0.1) is 0 Å². The lowest BCUT2D eigenvalue weighted by atomic mass is 9.85. The molecule has 2 heterocycles. The number of nitrogens with zero attached hydrogens (tertiary/aromatic N) is 1. The molecular formula is C21H32F3N5O6. The van der Waals surface area contributed by atoms with Crippen LogP contribution in [0.5, 0.6) is 0 Å². The van der Waals surface area contributed by atoms with E-state index in [1.807, 2.05) is 0 Å². The predicted molar refractivity (Wildman–Crippen MR) is 115 cm³/mol. The van der Waals surface area contributed by atoms with E-state index in [1.54, 1.807) is 20.8 Å². The van der Waals surface area contributed by atoms with Crippen LogP contribution in [-0.2, 0) is 23.9 Å². The third-order valence-corrected chi connectivity index (χ3v) is 6.25. The minimum Gasteiger partial charge on any atom is -0.453 e. The molecule has 0 unspecified atom stereocenters. The van der Waals surface area contributed by atoms with E-state index in [9.17, 15) is 37.1 Å². The number of primary amides is 1. The van der Waals surface area contributed by atoms with Gasteiger partial charge in [0.2, 0.25) is 23.6 Å². The Bertz CT molecular complexity index is 859. The highest BCUT2D eigenvalue weighted by atomic mass is 19.4. The smallest absolute Gasteiger partial charge is 0.407 e. The van der Waals surface area contributed by atoms with Crippen molar-refractivity contribution >= 4 is 29.7 Å². The number of hydrogen-bond acceptors (Lipinski definition) is 6. The molecule has 0 radical (unpaired) electrons. The molecule has 0 aliphatic carbocycles. The first-order valence-electron chi connectivity index (χ1n) is 11.1. The molecule has 14 heteroatoms. The molecule has 5 amide bonds. The van der Waals surface area contributed by atoms with Gasteiger partial charge >= 0.3 is 12.3 Å². The van der Waals surface area contributed by atoms with Crippen molar-refractivity contribution < 1.29 is 41.9 Å². The second kappa shape index (κ2) is 10.7. The Morgan fingerprint density at radius 1 is 1.20 bits per heavy atom. The Kier molecular flexibility index (Phi) is 8.61. The maximum atomic E-state index is 13.6. The van der Waals surface area contributed by atoms with Gasteiger partial charge in [0.25, 0.3) is 0 Å². The molecule has 35 heavy (non-hydrogen) atoms. The SMILES string of the molecule is COC(=O)N[C@H](C(=O)N1C[C@H](C(F)(F)F)C[C@H]1C(=O)N[C@@H](C[C@@H]1CCNC1=O)C(N)=O)C(C)(C)C. The van der Waals surface area contributed by atoms with Crippen molar-refractivity contribution in [3.8, 4) is 0 Å². The van der Waals surface area contributed by atoms with Gasteiger partial charge in [-0.25, -0.2) is 4.79 Å². The Labute approximate surface area is 200 Å². The number of nitrogens with one attached hydrogen (secondary N) is 3. The molecule has 0 saturated carbocycles. The van der Waals surface area contributed by atoms with E-state index in [4.69, 9.17) is 5.73 Å². The second-order valence-corrected chi connectivity index (χ2v) is 9.89. The molecule has 0 aromatic rings. The lowest BCUT2D eigenvalue weighted by Gasteiger charge is -2.35. The number of amides is 5. The maximum absolute atomic E-state index is 13.6. The molecular weight excluding hydrogens is 475 g/mol. The number of ether oxygens (including phenoxy) is 1. The van der Waals surface area contributed by atoms with Crippen LogP contribution >= 0.6 is 0 Å². The normalized spacial score (nSPS) is 24.4. The van der Waals surface area contributed by atoms with E-state index in [2.05, 4.69) is 20.7 Å². The Morgan fingerprint density at radius 3 is 2.29 bits per heavy atom. The summed E-state index contributed by atoms with van der Waals surface area (Å²) in [5.41, 5.74) is 4.43. The van der Waals surface area contributed by atoms with E-state index in [-0.39, 0.29) is 12.3 Å². The van der Waals surface area contributed by atoms with E-state index < -0.39 is 78.3 Å². The highest BCUT2D eigenvalue weighted by molar-refractivity contribution is 5.94. The van der Waals surface area contributed by atoms with Crippen LogP contribution in [0.1, 0.15) is 40.0 Å². The van der Waals surface area contributed by atoms with Gasteiger partial charge in [-0.2, -0.15) is 13.2 Å². The van der Waals surface area contributed by atoms with Crippen molar-refractivity contribution in [3.05, 3.63) is 0 Å². The molecule has 2 aliphatic rings. The van der Waals surface area contributed by atoms with Crippen LogP contribution in [-0.4, -0.2) is 79.1 Å². The fourth-order valence-corrected chi connectivity index (χ4v) is 4.23. The number of alkyl halides is 3. The molecule has 2 rings (SSSR count). The first-order chi connectivity index (χ1) is 16.1. The Balaban J connectivity index is 2.30. The van der Waals surface area contributed by atoms with Crippen LogP contribution in [0.15, 0.2) is 0 Å². The highest BCUT2D eigenvalue weighted by Crippen LogP contribution is 2.38. The zero-order valence-corrected chi connectivity index (χ0v) is 20.0. The van der Waals surface area contributed by atoms with Crippen LogP contribution in [0.3, 0.4) is 0 Å². The third kappa shape index (κ3) is 6.98. The van der Waals surface area contributed by atoms with Crippen molar-refractivity contribution in [2.24, 2.45) is 23.0 Å². The van der Waals surface area contributed by atoms with E-state index in [0.717, 1.165) is 12.0 Å². The summed E-state index contributed by atoms with van der Waals surface area (Å²) in [4.78, 5) is 62.7. The van der Waals surface area contributed by atoms with Gasteiger partial charge in [0.1, 0.15) is 18.1 Å². The number of rotatable bonds is 7. The minimum absolute atomic E-state index is 0.120. The fraction of sp³-hybridized carbons (Fsp3) is 0.762. The standard InChI is InChI=1S/C21H32F3N5O6/c1-20(2,3)14(28-19(34)35-4)18(33)29-9-11(21(22,23)24)8-13(29)17(32)27-12(15(25)30)7-10-5-6-26-16(10)31/h10-14H,5-9H2,1-4H3,(H2,25,30)(H,26,31)(H,27,32)(H,28,34)/t10-,11+,12-,13-,14+/m0/s1. The summed E-state index contributed by atoms with van der Waals surface area (Å²) >= 11 is 0. The second-order valence-electron chi connectivity index (χ2n) is 9.89. The quantitative estimate of drug-likeness (QED) is 0.380. The van der Waals surface area contributed by atoms with Crippen molar-refractivity contribution in [1.82, 2.24) is 20.9 Å². The zero-order valence-electron chi connectivity index (χ0n) is 20.0. The van der Waals surface area contributed by atoms with Gasteiger partial charge in [0, 0.05) is 19.0 Å². The Morgan fingerprint density at radius 2 is 1.83 bits per heavy atom. The number of methoxy groups -OCH3 is 1. The lowest BCUT2D eigenvalue weighted by molar-refractivity contribution is -0.171. The zero-order chi connectivity index (χ0) is 26.7. The molecule has 2 saturated heterocycles. The van der Waals surface area contributed by atoms with Crippen molar-refractivity contribution in [3.63, 3.8) is 0 Å².